The fourth-order valence-corrected chi connectivity index (χ4v) is 1.83. The third kappa shape index (κ3) is 10.2. The minimum Gasteiger partial charge on any atom is -0.383 e. The molecule has 0 fully saturated rings. The lowest BCUT2D eigenvalue weighted by molar-refractivity contribution is 0.162. The van der Waals surface area contributed by atoms with E-state index in [-0.39, 0.29) is 11.8 Å². The summed E-state index contributed by atoms with van der Waals surface area (Å²) in [6, 6.07) is 0.275. The standard InChI is InChI=1S/C10H23NO3S/c1-4-5-6-10(9-14-2)11-7-8-15(3,12)13/h10-11H,4-9H2,1-3H3. The smallest absolute Gasteiger partial charge is 0.148 e. The second-order valence-electron chi connectivity index (χ2n) is 3.88. The highest BCUT2D eigenvalue weighted by Crippen LogP contribution is 2.00. The van der Waals surface area contributed by atoms with E-state index in [0.717, 1.165) is 19.3 Å². The second-order valence-corrected chi connectivity index (χ2v) is 6.14. The lowest BCUT2D eigenvalue weighted by atomic mass is 10.1. The van der Waals surface area contributed by atoms with Gasteiger partial charge in [-0.05, 0) is 6.42 Å². The summed E-state index contributed by atoms with van der Waals surface area (Å²) in [7, 11) is -1.19. The van der Waals surface area contributed by atoms with E-state index in [9.17, 15) is 8.42 Å². The van der Waals surface area contributed by atoms with Gasteiger partial charge in [-0.15, -0.1) is 0 Å². The first-order chi connectivity index (χ1) is 6.99. The zero-order chi connectivity index (χ0) is 11.7. The van der Waals surface area contributed by atoms with E-state index >= 15 is 0 Å². The van der Waals surface area contributed by atoms with Gasteiger partial charge in [-0.25, -0.2) is 8.42 Å². The van der Waals surface area contributed by atoms with Crippen LogP contribution in [0.3, 0.4) is 0 Å². The van der Waals surface area contributed by atoms with Crippen LogP contribution in [0.15, 0.2) is 0 Å². The maximum atomic E-state index is 10.9. The molecule has 0 saturated carbocycles. The first-order valence-electron chi connectivity index (χ1n) is 5.39. The molecule has 0 rings (SSSR count). The Kier molecular flexibility index (Phi) is 8.00. The SMILES string of the molecule is CCCCC(COC)NCCS(C)(=O)=O. The Labute approximate surface area is 93.3 Å². The third-order valence-corrected chi connectivity index (χ3v) is 3.13. The predicted octanol–water partition coefficient (Wildman–Crippen LogP) is 0.826. The molecule has 0 spiro atoms. The van der Waals surface area contributed by atoms with Crippen LogP contribution in [0.2, 0.25) is 0 Å². The fourth-order valence-electron chi connectivity index (χ4n) is 1.34. The summed E-state index contributed by atoms with van der Waals surface area (Å²) in [4.78, 5) is 0. The zero-order valence-corrected chi connectivity index (χ0v) is 10.8. The summed E-state index contributed by atoms with van der Waals surface area (Å²) in [5, 5.41) is 3.21. The summed E-state index contributed by atoms with van der Waals surface area (Å²) in [5.41, 5.74) is 0. The number of sulfone groups is 1. The molecule has 0 aromatic rings. The zero-order valence-electron chi connectivity index (χ0n) is 9.95. The summed E-state index contributed by atoms with van der Waals surface area (Å²) >= 11 is 0. The number of ether oxygens (including phenoxy) is 1. The van der Waals surface area contributed by atoms with Crippen LogP contribution in [0.1, 0.15) is 26.2 Å². The van der Waals surface area contributed by atoms with Crippen LogP contribution in [-0.2, 0) is 14.6 Å². The molecule has 0 aromatic carbocycles. The number of methoxy groups -OCH3 is 1. The van der Waals surface area contributed by atoms with Gasteiger partial charge < -0.3 is 10.1 Å². The normalized spacial score (nSPS) is 14.1. The van der Waals surface area contributed by atoms with Gasteiger partial charge in [-0.3, -0.25) is 0 Å². The molecule has 0 saturated heterocycles. The van der Waals surface area contributed by atoms with Crippen molar-refractivity contribution in [3.05, 3.63) is 0 Å². The number of nitrogens with one attached hydrogen (secondary N) is 1. The van der Waals surface area contributed by atoms with E-state index in [2.05, 4.69) is 12.2 Å². The van der Waals surface area contributed by atoms with Crippen molar-refractivity contribution in [3.8, 4) is 0 Å². The van der Waals surface area contributed by atoms with Gasteiger partial charge in [0.05, 0.1) is 12.4 Å². The van der Waals surface area contributed by atoms with E-state index in [1.54, 1.807) is 7.11 Å². The van der Waals surface area contributed by atoms with Crippen LogP contribution in [-0.4, -0.2) is 46.7 Å². The van der Waals surface area contributed by atoms with Gasteiger partial charge in [0, 0.05) is 26.0 Å². The molecule has 4 nitrogen and oxygen atoms in total. The molecule has 5 heteroatoms. The molecule has 0 heterocycles. The highest BCUT2D eigenvalue weighted by molar-refractivity contribution is 7.90. The largest absolute Gasteiger partial charge is 0.383 e. The number of unbranched alkanes of at least 4 members (excludes halogenated alkanes) is 1. The van der Waals surface area contributed by atoms with Crippen LogP contribution in [0.5, 0.6) is 0 Å². The molecule has 0 aliphatic carbocycles. The molecule has 1 unspecified atom stereocenters. The fraction of sp³-hybridized carbons (Fsp3) is 1.00. The van der Waals surface area contributed by atoms with E-state index < -0.39 is 9.84 Å². The van der Waals surface area contributed by atoms with E-state index in [0.29, 0.717) is 13.2 Å². The van der Waals surface area contributed by atoms with E-state index in [4.69, 9.17) is 4.74 Å². The van der Waals surface area contributed by atoms with Gasteiger partial charge >= 0.3 is 0 Å². The monoisotopic (exact) mass is 237 g/mol. The second kappa shape index (κ2) is 8.07. The predicted molar refractivity (Wildman–Crippen MR) is 62.9 cm³/mol. The minimum absolute atomic E-state index is 0.194. The Morgan fingerprint density at radius 2 is 2.07 bits per heavy atom. The average molecular weight is 237 g/mol. The van der Waals surface area contributed by atoms with Crippen molar-refractivity contribution in [2.45, 2.75) is 32.2 Å². The molecular weight excluding hydrogens is 214 g/mol. The van der Waals surface area contributed by atoms with Gasteiger partial charge in [0.15, 0.2) is 0 Å². The Morgan fingerprint density at radius 3 is 2.53 bits per heavy atom. The molecule has 15 heavy (non-hydrogen) atoms. The van der Waals surface area contributed by atoms with Crippen LogP contribution in [0.4, 0.5) is 0 Å². The number of hydrogen-bond acceptors (Lipinski definition) is 4. The van der Waals surface area contributed by atoms with Gasteiger partial charge in [0.2, 0.25) is 0 Å². The number of hydrogen-bond donors (Lipinski definition) is 1. The van der Waals surface area contributed by atoms with Crippen molar-refractivity contribution in [1.82, 2.24) is 5.32 Å². The highest BCUT2D eigenvalue weighted by atomic mass is 32.2. The Bertz CT molecular complexity index is 239. The lowest BCUT2D eigenvalue weighted by Crippen LogP contribution is -2.36. The lowest BCUT2D eigenvalue weighted by Gasteiger charge is -2.17. The van der Waals surface area contributed by atoms with Crippen molar-refractivity contribution in [1.29, 1.82) is 0 Å². The van der Waals surface area contributed by atoms with Crippen LogP contribution in [0, 0.1) is 0 Å². The summed E-state index contributed by atoms with van der Waals surface area (Å²) in [5.74, 6) is 0.194. The minimum atomic E-state index is -2.86. The molecule has 92 valence electrons. The molecule has 0 amide bonds. The van der Waals surface area contributed by atoms with Gasteiger partial charge in [0.25, 0.3) is 0 Å². The van der Waals surface area contributed by atoms with Gasteiger partial charge in [-0.2, -0.15) is 0 Å². The first-order valence-corrected chi connectivity index (χ1v) is 7.45. The molecule has 1 N–H and O–H groups in total. The van der Waals surface area contributed by atoms with Crippen molar-refractivity contribution < 1.29 is 13.2 Å². The molecule has 0 aliphatic rings. The maximum absolute atomic E-state index is 10.9. The molecule has 0 aliphatic heterocycles. The molecule has 0 aromatic heterocycles. The van der Waals surface area contributed by atoms with Gasteiger partial charge in [0.1, 0.15) is 9.84 Å². The van der Waals surface area contributed by atoms with Crippen LogP contribution >= 0.6 is 0 Å². The summed E-state index contributed by atoms with van der Waals surface area (Å²) in [6.45, 7) is 3.29. The first kappa shape index (κ1) is 14.9. The molecule has 1 atom stereocenters. The molecule has 0 radical (unpaired) electrons. The van der Waals surface area contributed by atoms with Gasteiger partial charge in [-0.1, -0.05) is 19.8 Å². The maximum Gasteiger partial charge on any atom is 0.148 e. The van der Waals surface area contributed by atoms with E-state index in [1.165, 1.54) is 6.26 Å². The topological polar surface area (TPSA) is 55.4 Å². The number of rotatable bonds is 9. The summed E-state index contributed by atoms with van der Waals surface area (Å²) in [6.07, 6.45) is 4.58. The van der Waals surface area contributed by atoms with E-state index in [1.807, 2.05) is 0 Å². The van der Waals surface area contributed by atoms with Crippen LogP contribution in [0.25, 0.3) is 0 Å². The Hall–Kier alpha value is -0.130. The van der Waals surface area contributed by atoms with Crippen molar-refractivity contribution >= 4 is 9.84 Å². The average Bonchev–Trinajstić information content (AvgIpc) is 2.12. The van der Waals surface area contributed by atoms with Crippen molar-refractivity contribution in [3.63, 3.8) is 0 Å². The molecule has 0 bridgehead atoms. The Morgan fingerprint density at radius 1 is 1.40 bits per heavy atom. The third-order valence-electron chi connectivity index (χ3n) is 2.18. The summed E-state index contributed by atoms with van der Waals surface area (Å²) < 4.78 is 26.9. The highest BCUT2D eigenvalue weighted by Gasteiger charge is 2.08. The molecular formula is C10H23NO3S. The van der Waals surface area contributed by atoms with Crippen molar-refractivity contribution in [2.24, 2.45) is 0 Å². The van der Waals surface area contributed by atoms with Crippen LogP contribution < -0.4 is 5.32 Å². The Balaban J connectivity index is 3.74. The quantitative estimate of drug-likeness (QED) is 0.645. The van der Waals surface area contributed by atoms with Crippen molar-refractivity contribution in [2.75, 3.05) is 32.3 Å².